The molecule has 53 heavy (non-hydrogen) atoms. The number of halogens is 5. The smallest absolute Gasteiger partial charge is 0.336 e. The first kappa shape index (κ1) is 37.7. The molecular formula is C40H32F5NO6S. The van der Waals surface area contributed by atoms with Crippen LogP contribution in [0.5, 0.6) is 0 Å². The number of carboxylic acids is 1. The lowest BCUT2D eigenvalue weighted by atomic mass is 9.91. The standard InChI is InChI=1S/C40H32F5NO6S/c1-21-29(20-53-30-9-5-4-8-28(30)39(49)50)51-40(52-37(21)24-12-10-22(19-47)11-13-24)25-16-14-23(15-17-25)27-7-3-2-6-26(27)18-46-38(48)31-32(41)34(43)36(45)35(44)33(31)42/h2-17,21,29,37,40,47H,18-20H2,1H3,(H,46,48)(H,49,50)/t21-,29+,37+,40+/m0/s1. The highest BCUT2D eigenvalue weighted by molar-refractivity contribution is 7.99. The molecule has 4 atom stereocenters. The highest BCUT2D eigenvalue weighted by atomic mass is 32.2. The van der Waals surface area contributed by atoms with Crippen LogP contribution in [0.25, 0.3) is 11.1 Å². The third-order valence-electron chi connectivity index (χ3n) is 9.03. The van der Waals surface area contributed by atoms with Crippen LogP contribution >= 0.6 is 11.8 Å². The number of aliphatic hydroxyl groups is 1. The fourth-order valence-corrected chi connectivity index (χ4v) is 7.31. The Labute approximate surface area is 305 Å². The number of carbonyl (C=O) groups is 2. The molecule has 0 radical (unpaired) electrons. The van der Waals surface area contributed by atoms with Gasteiger partial charge in [0.25, 0.3) is 5.91 Å². The van der Waals surface area contributed by atoms with E-state index in [0.29, 0.717) is 32.9 Å². The average Bonchev–Trinajstić information content (AvgIpc) is 3.18. The Morgan fingerprint density at radius 1 is 0.755 bits per heavy atom. The zero-order chi connectivity index (χ0) is 37.8. The molecule has 0 aliphatic carbocycles. The average molecular weight is 750 g/mol. The second kappa shape index (κ2) is 16.3. The number of carboxylic acid groups (broad SMARTS) is 1. The van der Waals surface area contributed by atoms with Gasteiger partial charge >= 0.3 is 5.97 Å². The highest BCUT2D eigenvalue weighted by Crippen LogP contribution is 2.43. The molecule has 1 saturated heterocycles. The van der Waals surface area contributed by atoms with Gasteiger partial charge < -0.3 is 25.0 Å². The minimum atomic E-state index is -2.35. The van der Waals surface area contributed by atoms with E-state index in [4.69, 9.17) is 9.47 Å². The van der Waals surface area contributed by atoms with Crippen molar-refractivity contribution in [3.63, 3.8) is 0 Å². The van der Waals surface area contributed by atoms with Crippen LogP contribution in [0.2, 0.25) is 0 Å². The van der Waals surface area contributed by atoms with Gasteiger partial charge in [-0.3, -0.25) is 4.79 Å². The van der Waals surface area contributed by atoms with Crippen molar-refractivity contribution in [1.82, 2.24) is 5.32 Å². The van der Waals surface area contributed by atoms with Crippen molar-refractivity contribution in [2.24, 2.45) is 5.92 Å². The molecule has 0 aromatic heterocycles. The predicted molar refractivity (Wildman–Crippen MR) is 186 cm³/mol. The zero-order valence-electron chi connectivity index (χ0n) is 28.0. The van der Waals surface area contributed by atoms with Crippen LogP contribution in [-0.2, 0) is 22.6 Å². The summed E-state index contributed by atoms with van der Waals surface area (Å²) in [6.45, 7) is 1.60. The Bertz CT molecular complexity index is 2100. The molecule has 1 heterocycles. The number of hydrogen-bond acceptors (Lipinski definition) is 6. The van der Waals surface area contributed by atoms with Crippen LogP contribution in [-0.4, -0.2) is 33.9 Å². The van der Waals surface area contributed by atoms with Crippen molar-refractivity contribution in [3.05, 3.63) is 160 Å². The van der Waals surface area contributed by atoms with Gasteiger partial charge in [0.05, 0.1) is 24.4 Å². The summed E-state index contributed by atoms with van der Waals surface area (Å²) < 4.78 is 82.5. The molecule has 1 amide bonds. The van der Waals surface area contributed by atoms with Gasteiger partial charge in [0.1, 0.15) is 5.56 Å². The zero-order valence-corrected chi connectivity index (χ0v) is 28.8. The van der Waals surface area contributed by atoms with Crippen LogP contribution in [0.1, 0.15) is 62.3 Å². The Kier molecular flexibility index (Phi) is 11.6. The number of benzene rings is 5. The van der Waals surface area contributed by atoms with Gasteiger partial charge in [0.2, 0.25) is 5.82 Å². The lowest BCUT2D eigenvalue weighted by molar-refractivity contribution is -0.268. The maximum Gasteiger partial charge on any atom is 0.336 e. The van der Waals surface area contributed by atoms with E-state index >= 15 is 0 Å². The van der Waals surface area contributed by atoms with Gasteiger partial charge in [0.15, 0.2) is 29.6 Å². The van der Waals surface area contributed by atoms with E-state index in [1.54, 1.807) is 72.8 Å². The molecule has 5 aromatic carbocycles. The summed E-state index contributed by atoms with van der Waals surface area (Å²) >= 11 is 1.38. The first-order valence-corrected chi connectivity index (χ1v) is 17.4. The van der Waals surface area contributed by atoms with Crippen molar-refractivity contribution in [1.29, 1.82) is 0 Å². The molecule has 6 rings (SSSR count). The third kappa shape index (κ3) is 7.98. The summed E-state index contributed by atoms with van der Waals surface area (Å²) in [5.41, 5.74) is 2.74. The molecule has 1 fully saturated rings. The molecule has 1 aliphatic rings. The lowest BCUT2D eigenvalue weighted by Crippen LogP contribution is -2.38. The van der Waals surface area contributed by atoms with E-state index in [1.807, 2.05) is 31.2 Å². The van der Waals surface area contributed by atoms with Crippen molar-refractivity contribution in [2.75, 3.05) is 5.75 Å². The second-order valence-electron chi connectivity index (χ2n) is 12.3. The van der Waals surface area contributed by atoms with Crippen LogP contribution < -0.4 is 5.32 Å². The first-order valence-electron chi connectivity index (χ1n) is 16.4. The van der Waals surface area contributed by atoms with E-state index in [9.17, 15) is 41.8 Å². The van der Waals surface area contributed by atoms with E-state index in [-0.39, 0.29) is 30.7 Å². The van der Waals surface area contributed by atoms with E-state index in [2.05, 4.69) is 5.32 Å². The van der Waals surface area contributed by atoms with Crippen molar-refractivity contribution >= 4 is 23.6 Å². The largest absolute Gasteiger partial charge is 0.478 e. The molecule has 274 valence electrons. The SMILES string of the molecule is C[C@H]1[C@@H](CSc2ccccc2C(=O)O)O[C@@H](c2ccc(-c3ccccc3CNC(=O)c3c(F)c(F)c(F)c(F)c3F)cc2)O[C@H]1c1ccc(CO)cc1. The number of nitrogens with one attached hydrogen (secondary N) is 1. The second-order valence-corrected chi connectivity index (χ2v) is 13.4. The molecular weight excluding hydrogens is 717 g/mol. The summed E-state index contributed by atoms with van der Waals surface area (Å²) in [6.07, 6.45) is -1.60. The molecule has 0 saturated carbocycles. The van der Waals surface area contributed by atoms with E-state index < -0.39 is 58.9 Å². The Morgan fingerprint density at radius 3 is 2.02 bits per heavy atom. The Hall–Kier alpha value is -5.08. The topological polar surface area (TPSA) is 105 Å². The third-order valence-corrected chi connectivity index (χ3v) is 10.2. The quantitative estimate of drug-likeness (QED) is 0.0537. The summed E-state index contributed by atoms with van der Waals surface area (Å²) in [5, 5.41) is 21.5. The molecule has 7 nitrogen and oxygen atoms in total. The van der Waals surface area contributed by atoms with Crippen LogP contribution in [0.4, 0.5) is 22.0 Å². The summed E-state index contributed by atoms with van der Waals surface area (Å²) in [5.74, 6) is -13.4. The lowest BCUT2D eigenvalue weighted by Gasteiger charge is -2.41. The number of carbonyl (C=O) groups excluding carboxylic acids is 1. The summed E-state index contributed by atoms with van der Waals surface area (Å²) in [4.78, 5) is 25.1. The predicted octanol–water partition coefficient (Wildman–Crippen LogP) is 8.75. The van der Waals surface area contributed by atoms with Crippen LogP contribution in [0.15, 0.2) is 102 Å². The normalized spacial score (nSPS) is 18.5. The minimum absolute atomic E-state index is 0.109. The Balaban J connectivity index is 1.23. The van der Waals surface area contributed by atoms with E-state index in [1.165, 1.54) is 11.8 Å². The molecule has 0 bridgehead atoms. The maximum absolute atomic E-state index is 14.2. The Morgan fingerprint density at radius 2 is 1.36 bits per heavy atom. The van der Waals surface area contributed by atoms with Crippen molar-refractivity contribution in [3.8, 4) is 11.1 Å². The molecule has 5 aromatic rings. The van der Waals surface area contributed by atoms with Gasteiger partial charge in [-0.1, -0.05) is 91.9 Å². The molecule has 0 unspecified atom stereocenters. The van der Waals surface area contributed by atoms with Gasteiger partial charge in [-0.05, 0) is 39.9 Å². The molecule has 0 spiro atoms. The number of thioether (sulfide) groups is 1. The summed E-state index contributed by atoms with van der Waals surface area (Å²) in [6, 6.07) is 28.2. The van der Waals surface area contributed by atoms with Crippen molar-refractivity contribution in [2.45, 2.75) is 43.5 Å². The maximum atomic E-state index is 14.2. The highest BCUT2D eigenvalue weighted by Gasteiger charge is 2.38. The van der Waals surface area contributed by atoms with Crippen molar-refractivity contribution < 1.29 is 51.2 Å². The number of aliphatic hydroxyl groups excluding tert-OH is 1. The molecule has 1 aliphatic heterocycles. The van der Waals surface area contributed by atoms with Crippen LogP contribution in [0.3, 0.4) is 0 Å². The first-order chi connectivity index (χ1) is 25.5. The number of amides is 1. The number of hydrogen-bond donors (Lipinski definition) is 3. The van der Waals surface area contributed by atoms with Gasteiger partial charge in [0, 0.05) is 28.7 Å². The number of rotatable bonds is 11. The number of ether oxygens (including phenoxy) is 2. The minimum Gasteiger partial charge on any atom is -0.478 e. The molecule has 3 N–H and O–H groups in total. The van der Waals surface area contributed by atoms with Gasteiger partial charge in [-0.25, -0.2) is 26.7 Å². The number of aromatic carboxylic acids is 1. The van der Waals surface area contributed by atoms with E-state index in [0.717, 1.165) is 11.1 Å². The summed E-state index contributed by atoms with van der Waals surface area (Å²) in [7, 11) is 0. The molecule has 13 heteroatoms. The monoisotopic (exact) mass is 749 g/mol. The fraction of sp³-hybridized carbons (Fsp3) is 0.200. The van der Waals surface area contributed by atoms with Gasteiger partial charge in [-0.15, -0.1) is 11.8 Å². The van der Waals surface area contributed by atoms with Gasteiger partial charge in [-0.2, -0.15) is 0 Å². The van der Waals surface area contributed by atoms with Crippen LogP contribution in [0, 0.1) is 35.0 Å². The fourth-order valence-electron chi connectivity index (χ4n) is 6.09.